The van der Waals surface area contributed by atoms with Crippen LogP contribution in [0.5, 0.6) is 0 Å². The molecule has 0 bridgehead atoms. The Hall–Kier alpha value is -1.85. The topological polar surface area (TPSA) is 49.4 Å². The van der Waals surface area contributed by atoms with Crippen molar-refractivity contribution in [3.05, 3.63) is 57.2 Å². The van der Waals surface area contributed by atoms with E-state index < -0.39 is 0 Å². The van der Waals surface area contributed by atoms with Crippen molar-refractivity contribution < 1.29 is 9.59 Å². The minimum Gasteiger partial charge on any atom is -0.344 e. The Morgan fingerprint density at radius 2 is 2.12 bits per heavy atom. The molecule has 0 aliphatic carbocycles. The van der Waals surface area contributed by atoms with Crippen LogP contribution in [0.25, 0.3) is 0 Å². The van der Waals surface area contributed by atoms with Gasteiger partial charge in [-0.05, 0) is 36.1 Å². The molecule has 24 heavy (non-hydrogen) atoms. The van der Waals surface area contributed by atoms with Gasteiger partial charge in [0.1, 0.15) is 0 Å². The molecule has 6 heteroatoms. The van der Waals surface area contributed by atoms with E-state index >= 15 is 0 Å². The molecule has 3 rings (SSSR count). The van der Waals surface area contributed by atoms with Gasteiger partial charge < -0.3 is 10.2 Å². The first-order valence-corrected chi connectivity index (χ1v) is 9.21. The van der Waals surface area contributed by atoms with Gasteiger partial charge in [-0.3, -0.25) is 9.59 Å². The van der Waals surface area contributed by atoms with Crippen molar-refractivity contribution in [2.75, 3.05) is 13.1 Å². The summed E-state index contributed by atoms with van der Waals surface area (Å²) in [7, 11) is 0. The minimum atomic E-state index is -0.285. The predicted octanol–water partition coefficient (Wildman–Crippen LogP) is 3.48. The number of carbonyl (C=O) groups excluding carboxylic acids is 2. The number of nitrogens with one attached hydrogen (secondary N) is 1. The molecular weight excluding hydrogens is 344 g/mol. The van der Waals surface area contributed by atoms with Crippen LogP contribution in [0.4, 0.5) is 0 Å². The lowest BCUT2D eigenvalue weighted by atomic mass is 10.0. The Morgan fingerprint density at radius 1 is 1.38 bits per heavy atom. The number of amides is 2. The molecule has 2 aromatic rings. The second-order valence-electron chi connectivity index (χ2n) is 5.84. The highest BCUT2D eigenvalue weighted by Crippen LogP contribution is 2.28. The first-order valence-electron chi connectivity index (χ1n) is 7.95. The Labute approximate surface area is 150 Å². The molecular formula is C18H19ClN2O2S. The number of hydrogen-bond donors (Lipinski definition) is 1. The zero-order valence-corrected chi connectivity index (χ0v) is 14.9. The third-order valence-electron chi connectivity index (χ3n) is 4.28. The van der Waals surface area contributed by atoms with Gasteiger partial charge in [-0.1, -0.05) is 29.8 Å². The van der Waals surface area contributed by atoms with Crippen LogP contribution in [-0.2, 0) is 9.59 Å². The molecule has 2 heterocycles. The van der Waals surface area contributed by atoms with Crippen LogP contribution in [0.3, 0.4) is 0 Å². The lowest BCUT2D eigenvalue weighted by molar-refractivity contribution is -0.129. The third kappa shape index (κ3) is 3.62. The average molecular weight is 363 g/mol. The molecule has 0 saturated carbocycles. The molecule has 2 amide bonds. The molecule has 1 fully saturated rings. The summed E-state index contributed by atoms with van der Waals surface area (Å²) in [5.74, 6) is -0.309. The van der Waals surface area contributed by atoms with Crippen LogP contribution in [0.2, 0.25) is 5.02 Å². The Balaban J connectivity index is 1.79. The van der Waals surface area contributed by atoms with E-state index in [1.807, 2.05) is 48.7 Å². The van der Waals surface area contributed by atoms with Crippen LogP contribution < -0.4 is 5.32 Å². The predicted molar refractivity (Wildman–Crippen MR) is 96.1 cm³/mol. The van der Waals surface area contributed by atoms with E-state index in [0.29, 0.717) is 18.1 Å². The average Bonchev–Trinajstić information content (AvgIpc) is 3.23. The number of rotatable bonds is 5. The molecule has 1 aromatic carbocycles. The quantitative estimate of drug-likeness (QED) is 0.885. The highest BCUT2D eigenvalue weighted by Gasteiger charge is 2.34. The maximum atomic E-state index is 12.7. The van der Waals surface area contributed by atoms with Gasteiger partial charge in [0.15, 0.2) is 0 Å². The number of thiophene rings is 1. The van der Waals surface area contributed by atoms with Crippen molar-refractivity contribution >= 4 is 34.8 Å². The van der Waals surface area contributed by atoms with E-state index in [2.05, 4.69) is 5.32 Å². The summed E-state index contributed by atoms with van der Waals surface area (Å²) in [6, 6.07) is 11.2. The van der Waals surface area contributed by atoms with E-state index in [9.17, 15) is 9.59 Å². The summed E-state index contributed by atoms with van der Waals surface area (Å²) in [4.78, 5) is 27.3. The standard InChI is InChI=1S/C18H19ClN2O2S/c1-2-21-11-13(10-16(21)22)18(23)20-17(15-4-3-9-24-15)12-5-7-14(19)8-6-12/h3-9,13,17H,2,10-11H2,1H3,(H,20,23)/t13-,17-/m1/s1. The van der Waals surface area contributed by atoms with Crippen molar-refractivity contribution in [1.82, 2.24) is 10.2 Å². The van der Waals surface area contributed by atoms with Crippen molar-refractivity contribution in [3.8, 4) is 0 Å². The van der Waals surface area contributed by atoms with Gasteiger partial charge >= 0.3 is 0 Å². The number of carbonyl (C=O) groups is 2. The SMILES string of the molecule is CCN1C[C@H](C(=O)N[C@H](c2ccc(Cl)cc2)c2cccs2)CC1=O. The molecule has 4 nitrogen and oxygen atoms in total. The summed E-state index contributed by atoms with van der Waals surface area (Å²) in [5, 5.41) is 5.76. The number of likely N-dealkylation sites (tertiary alicyclic amines) is 1. The fourth-order valence-corrected chi connectivity index (χ4v) is 3.87. The molecule has 0 unspecified atom stereocenters. The normalized spacial score (nSPS) is 18.7. The lowest BCUT2D eigenvalue weighted by Crippen LogP contribution is -2.35. The van der Waals surface area contributed by atoms with Crippen molar-refractivity contribution in [2.45, 2.75) is 19.4 Å². The van der Waals surface area contributed by atoms with Gasteiger partial charge in [0.2, 0.25) is 11.8 Å². The van der Waals surface area contributed by atoms with E-state index in [0.717, 1.165) is 10.4 Å². The molecule has 1 N–H and O–H groups in total. The maximum absolute atomic E-state index is 12.7. The van der Waals surface area contributed by atoms with E-state index in [1.54, 1.807) is 16.2 Å². The highest BCUT2D eigenvalue weighted by molar-refractivity contribution is 7.10. The second kappa shape index (κ2) is 7.36. The van der Waals surface area contributed by atoms with Crippen LogP contribution in [-0.4, -0.2) is 29.8 Å². The first kappa shape index (κ1) is 17.0. The lowest BCUT2D eigenvalue weighted by Gasteiger charge is -2.20. The van der Waals surface area contributed by atoms with Gasteiger partial charge in [-0.2, -0.15) is 0 Å². The summed E-state index contributed by atoms with van der Waals surface area (Å²) < 4.78 is 0. The molecule has 0 spiro atoms. The van der Waals surface area contributed by atoms with E-state index in [-0.39, 0.29) is 30.2 Å². The Kier molecular flexibility index (Phi) is 5.21. The fourth-order valence-electron chi connectivity index (χ4n) is 2.94. The zero-order valence-electron chi connectivity index (χ0n) is 13.4. The molecule has 1 aliphatic rings. The van der Waals surface area contributed by atoms with Gasteiger partial charge in [-0.25, -0.2) is 0 Å². The molecule has 1 saturated heterocycles. The molecule has 1 aromatic heterocycles. The van der Waals surface area contributed by atoms with Gasteiger partial charge in [0, 0.05) is 29.4 Å². The number of halogens is 1. The minimum absolute atomic E-state index is 0.0526. The smallest absolute Gasteiger partial charge is 0.226 e. The van der Waals surface area contributed by atoms with Crippen LogP contribution in [0.15, 0.2) is 41.8 Å². The molecule has 1 aliphatic heterocycles. The Bertz CT molecular complexity index is 715. The summed E-state index contributed by atoms with van der Waals surface area (Å²) >= 11 is 7.57. The molecule has 126 valence electrons. The van der Waals surface area contributed by atoms with Crippen molar-refractivity contribution in [3.63, 3.8) is 0 Å². The monoisotopic (exact) mass is 362 g/mol. The van der Waals surface area contributed by atoms with Crippen LogP contribution in [0.1, 0.15) is 29.8 Å². The van der Waals surface area contributed by atoms with Crippen molar-refractivity contribution in [1.29, 1.82) is 0 Å². The number of hydrogen-bond acceptors (Lipinski definition) is 3. The second-order valence-corrected chi connectivity index (χ2v) is 7.26. The highest BCUT2D eigenvalue weighted by atomic mass is 35.5. The van der Waals surface area contributed by atoms with Crippen LogP contribution in [0, 0.1) is 5.92 Å². The van der Waals surface area contributed by atoms with Gasteiger partial charge in [0.05, 0.1) is 12.0 Å². The number of benzene rings is 1. The number of nitrogens with zero attached hydrogens (tertiary/aromatic N) is 1. The first-order chi connectivity index (χ1) is 11.6. The van der Waals surface area contributed by atoms with Gasteiger partial charge in [0.25, 0.3) is 0 Å². The Morgan fingerprint density at radius 3 is 2.71 bits per heavy atom. The maximum Gasteiger partial charge on any atom is 0.226 e. The van der Waals surface area contributed by atoms with E-state index in [4.69, 9.17) is 11.6 Å². The summed E-state index contributed by atoms with van der Waals surface area (Å²) in [6.07, 6.45) is 0.289. The molecule has 0 radical (unpaired) electrons. The largest absolute Gasteiger partial charge is 0.344 e. The fraction of sp³-hybridized carbons (Fsp3) is 0.333. The van der Waals surface area contributed by atoms with Crippen LogP contribution >= 0.6 is 22.9 Å². The van der Waals surface area contributed by atoms with E-state index in [1.165, 1.54) is 0 Å². The molecule has 2 atom stereocenters. The van der Waals surface area contributed by atoms with Gasteiger partial charge in [-0.15, -0.1) is 11.3 Å². The summed E-state index contributed by atoms with van der Waals surface area (Å²) in [5.41, 5.74) is 0.979. The third-order valence-corrected chi connectivity index (χ3v) is 5.47. The zero-order chi connectivity index (χ0) is 17.1. The van der Waals surface area contributed by atoms with Crippen molar-refractivity contribution in [2.24, 2.45) is 5.92 Å². The summed E-state index contributed by atoms with van der Waals surface area (Å²) in [6.45, 7) is 3.08.